The summed E-state index contributed by atoms with van der Waals surface area (Å²) in [6, 6.07) is 2.63. The van der Waals surface area contributed by atoms with Crippen molar-refractivity contribution in [2.45, 2.75) is 39.7 Å². The molecule has 0 spiro atoms. The van der Waals surface area contributed by atoms with Crippen LogP contribution in [0.4, 0.5) is 0 Å². The van der Waals surface area contributed by atoms with Gasteiger partial charge in [0.05, 0.1) is 5.69 Å². The zero-order chi connectivity index (χ0) is 8.27. The van der Waals surface area contributed by atoms with Crippen LogP contribution in [0.5, 0.6) is 0 Å². The van der Waals surface area contributed by atoms with Crippen LogP contribution in [0.25, 0.3) is 0 Å². The fraction of sp³-hybridized carbons (Fsp3) is 0.667. The van der Waals surface area contributed by atoms with Crippen LogP contribution >= 0.6 is 0 Å². The Balaban J connectivity index is 2.71. The largest absolute Gasteiger partial charge is 0.270 e. The first-order valence-electron chi connectivity index (χ1n) is 4.32. The molecule has 2 heteroatoms. The van der Waals surface area contributed by atoms with Gasteiger partial charge in [-0.25, -0.2) is 0 Å². The highest BCUT2D eigenvalue weighted by atomic mass is 15.3. The van der Waals surface area contributed by atoms with Crippen LogP contribution in [-0.4, -0.2) is 9.78 Å². The number of hydrogen-bond acceptors (Lipinski definition) is 1. The van der Waals surface area contributed by atoms with Crippen molar-refractivity contribution in [3.63, 3.8) is 0 Å². The number of rotatable bonds is 3. The van der Waals surface area contributed by atoms with Gasteiger partial charge in [-0.3, -0.25) is 4.68 Å². The minimum absolute atomic E-state index is 0.537. The van der Waals surface area contributed by atoms with Crippen LogP contribution in [0.15, 0.2) is 12.3 Å². The zero-order valence-electron chi connectivity index (χ0n) is 7.54. The Hall–Kier alpha value is -0.790. The lowest BCUT2D eigenvalue weighted by Crippen LogP contribution is -2.04. The summed E-state index contributed by atoms with van der Waals surface area (Å²) >= 11 is 0. The quantitative estimate of drug-likeness (QED) is 0.650. The van der Waals surface area contributed by atoms with Crippen molar-refractivity contribution in [2.75, 3.05) is 0 Å². The summed E-state index contributed by atoms with van der Waals surface area (Å²) < 4.78 is 2.04. The summed E-state index contributed by atoms with van der Waals surface area (Å²) in [5, 5.41) is 4.42. The Morgan fingerprint density at radius 3 is 2.73 bits per heavy atom. The second kappa shape index (κ2) is 3.56. The van der Waals surface area contributed by atoms with E-state index in [1.807, 2.05) is 4.68 Å². The molecule has 0 bridgehead atoms. The van der Waals surface area contributed by atoms with E-state index in [9.17, 15) is 0 Å². The molecule has 0 amide bonds. The fourth-order valence-electron chi connectivity index (χ4n) is 0.998. The van der Waals surface area contributed by atoms with Crippen molar-refractivity contribution in [3.8, 4) is 0 Å². The van der Waals surface area contributed by atoms with Crippen molar-refractivity contribution < 1.29 is 0 Å². The van der Waals surface area contributed by atoms with E-state index in [1.54, 1.807) is 0 Å². The monoisotopic (exact) mass is 152 g/mol. The van der Waals surface area contributed by atoms with Crippen LogP contribution in [0.2, 0.25) is 0 Å². The lowest BCUT2D eigenvalue weighted by molar-refractivity contribution is 0.474. The number of hydrogen-bond donors (Lipinski definition) is 0. The van der Waals surface area contributed by atoms with Crippen LogP contribution in [-0.2, 0) is 6.42 Å². The normalized spacial score (nSPS) is 13.4. The third kappa shape index (κ3) is 1.82. The third-order valence-electron chi connectivity index (χ3n) is 2.07. The molecule has 1 rings (SSSR count). The lowest BCUT2D eigenvalue weighted by Gasteiger charge is -2.07. The molecule has 1 atom stereocenters. The van der Waals surface area contributed by atoms with Gasteiger partial charge in [0, 0.05) is 12.2 Å². The summed E-state index contributed by atoms with van der Waals surface area (Å²) in [4.78, 5) is 0. The molecule has 0 aliphatic heterocycles. The molecular formula is C9H16N2. The molecule has 0 aromatic carbocycles. The molecule has 0 N–H and O–H groups in total. The minimum Gasteiger partial charge on any atom is -0.270 e. The number of aryl methyl sites for hydroxylation is 1. The van der Waals surface area contributed by atoms with Gasteiger partial charge >= 0.3 is 0 Å². The van der Waals surface area contributed by atoms with Gasteiger partial charge in [-0.1, -0.05) is 13.8 Å². The van der Waals surface area contributed by atoms with Crippen LogP contribution in [0.3, 0.4) is 0 Å². The minimum atomic E-state index is 0.537. The molecule has 1 aromatic heterocycles. The van der Waals surface area contributed by atoms with E-state index in [0.29, 0.717) is 6.04 Å². The molecule has 0 fully saturated rings. The highest BCUT2D eigenvalue weighted by Crippen LogP contribution is 2.08. The van der Waals surface area contributed by atoms with Gasteiger partial charge in [0.2, 0.25) is 0 Å². The average Bonchev–Trinajstić information content (AvgIpc) is 2.50. The summed E-state index contributed by atoms with van der Waals surface area (Å²) in [6.07, 6.45) is 4.24. The summed E-state index contributed by atoms with van der Waals surface area (Å²) in [7, 11) is 0. The molecule has 0 aliphatic carbocycles. The van der Waals surface area contributed by atoms with Gasteiger partial charge in [0.15, 0.2) is 0 Å². The van der Waals surface area contributed by atoms with Crippen molar-refractivity contribution in [3.05, 3.63) is 18.0 Å². The smallest absolute Gasteiger partial charge is 0.0621 e. The topological polar surface area (TPSA) is 17.8 Å². The van der Waals surface area contributed by atoms with Crippen LogP contribution in [0.1, 0.15) is 38.9 Å². The highest BCUT2D eigenvalue weighted by molar-refractivity contribution is 4.98. The predicted molar refractivity (Wildman–Crippen MR) is 46.6 cm³/mol. The molecule has 1 heterocycles. The number of aromatic nitrogens is 2. The fourth-order valence-corrected chi connectivity index (χ4v) is 0.998. The van der Waals surface area contributed by atoms with Gasteiger partial charge in [-0.05, 0) is 25.8 Å². The lowest BCUT2D eigenvalue weighted by atomic mass is 10.3. The standard InChI is InChI=1S/C9H16N2/c1-4-8(3)11-7-6-9(5-2)10-11/h6-8H,4-5H2,1-3H3. The van der Waals surface area contributed by atoms with E-state index < -0.39 is 0 Å². The predicted octanol–water partition coefficient (Wildman–Crippen LogP) is 2.42. The van der Waals surface area contributed by atoms with Gasteiger partial charge in [0.1, 0.15) is 0 Å². The molecular weight excluding hydrogens is 136 g/mol. The van der Waals surface area contributed by atoms with E-state index in [1.165, 1.54) is 5.69 Å². The maximum Gasteiger partial charge on any atom is 0.0621 e. The van der Waals surface area contributed by atoms with Gasteiger partial charge in [-0.15, -0.1) is 0 Å². The molecule has 0 saturated heterocycles. The Morgan fingerprint density at radius 2 is 2.27 bits per heavy atom. The second-order valence-corrected chi connectivity index (χ2v) is 2.90. The SMILES string of the molecule is CCc1ccn(C(C)CC)n1. The number of nitrogens with zero attached hydrogens (tertiary/aromatic N) is 2. The van der Waals surface area contributed by atoms with Gasteiger partial charge in [-0.2, -0.15) is 5.10 Å². The van der Waals surface area contributed by atoms with E-state index in [0.717, 1.165) is 12.8 Å². The Kier molecular flexibility index (Phi) is 2.69. The molecule has 0 saturated carbocycles. The van der Waals surface area contributed by atoms with E-state index in [4.69, 9.17) is 0 Å². The molecule has 11 heavy (non-hydrogen) atoms. The molecule has 0 radical (unpaired) electrons. The average molecular weight is 152 g/mol. The second-order valence-electron chi connectivity index (χ2n) is 2.90. The maximum atomic E-state index is 4.42. The van der Waals surface area contributed by atoms with E-state index >= 15 is 0 Å². The van der Waals surface area contributed by atoms with E-state index in [2.05, 4.69) is 38.1 Å². The summed E-state index contributed by atoms with van der Waals surface area (Å²) in [6.45, 7) is 6.49. The van der Waals surface area contributed by atoms with Crippen molar-refractivity contribution in [1.29, 1.82) is 0 Å². The highest BCUT2D eigenvalue weighted by Gasteiger charge is 2.01. The van der Waals surface area contributed by atoms with Crippen LogP contribution < -0.4 is 0 Å². The van der Waals surface area contributed by atoms with Crippen molar-refractivity contribution in [2.24, 2.45) is 0 Å². The van der Waals surface area contributed by atoms with Crippen molar-refractivity contribution >= 4 is 0 Å². The molecule has 62 valence electrons. The summed E-state index contributed by atoms with van der Waals surface area (Å²) in [5.74, 6) is 0. The maximum absolute atomic E-state index is 4.42. The third-order valence-corrected chi connectivity index (χ3v) is 2.07. The first-order chi connectivity index (χ1) is 5.27. The first kappa shape index (κ1) is 8.31. The Bertz CT molecular complexity index is 215. The van der Waals surface area contributed by atoms with Crippen LogP contribution in [0, 0.1) is 0 Å². The molecule has 2 nitrogen and oxygen atoms in total. The summed E-state index contributed by atoms with van der Waals surface area (Å²) in [5.41, 5.74) is 1.19. The van der Waals surface area contributed by atoms with Gasteiger partial charge < -0.3 is 0 Å². The molecule has 0 aliphatic rings. The molecule has 1 unspecified atom stereocenters. The van der Waals surface area contributed by atoms with Crippen molar-refractivity contribution in [1.82, 2.24) is 9.78 Å². The van der Waals surface area contributed by atoms with E-state index in [-0.39, 0.29) is 0 Å². The Morgan fingerprint density at radius 1 is 1.55 bits per heavy atom. The zero-order valence-corrected chi connectivity index (χ0v) is 7.54. The first-order valence-corrected chi connectivity index (χ1v) is 4.32. The Labute approximate surface area is 68.2 Å². The molecule has 1 aromatic rings. The van der Waals surface area contributed by atoms with Gasteiger partial charge in [0.25, 0.3) is 0 Å².